The Bertz CT molecular complexity index is 843. The number of aryl methyl sites for hydroxylation is 1. The van der Waals surface area contributed by atoms with E-state index in [1.807, 2.05) is 6.07 Å². The third-order valence-corrected chi connectivity index (χ3v) is 4.34. The number of ether oxygens (including phenoxy) is 1. The molecule has 0 radical (unpaired) electrons. The fraction of sp³-hybridized carbons (Fsp3) is 0.250. The summed E-state index contributed by atoms with van der Waals surface area (Å²) in [4.78, 5) is 3.77. The number of hydrogen-bond donors (Lipinski definition) is 1. The molecular formula is C16H16FN3O3S. The molecule has 0 unspecified atom stereocenters. The number of anilines is 1. The van der Waals surface area contributed by atoms with E-state index in [0.29, 0.717) is 18.4 Å². The van der Waals surface area contributed by atoms with E-state index in [0.717, 1.165) is 6.07 Å². The molecule has 0 spiro atoms. The van der Waals surface area contributed by atoms with Gasteiger partial charge in [-0.2, -0.15) is 5.26 Å². The molecule has 0 aliphatic heterocycles. The van der Waals surface area contributed by atoms with Gasteiger partial charge >= 0.3 is 0 Å². The number of nitrogens with one attached hydrogen (secondary N) is 1. The SMILES string of the molecule is Cc1cc(F)cc(S(=O)(=O)Nc2ncccc2OCCCC#N)c1. The Morgan fingerprint density at radius 1 is 1.38 bits per heavy atom. The Hall–Kier alpha value is -2.66. The average molecular weight is 349 g/mol. The molecule has 1 aromatic heterocycles. The maximum atomic E-state index is 13.5. The molecule has 0 saturated heterocycles. The smallest absolute Gasteiger partial charge is 0.263 e. The van der Waals surface area contributed by atoms with Gasteiger partial charge in [0.2, 0.25) is 0 Å². The zero-order chi connectivity index (χ0) is 17.6. The van der Waals surface area contributed by atoms with Crippen LogP contribution in [0.25, 0.3) is 0 Å². The minimum atomic E-state index is -4.00. The molecule has 2 aromatic rings. The molecule has 1 N–H and O–H groups in total. The summed E-state index contributed by atoms with van der Waals surface area (Å²) in [5.41, 5.74) is 0.490. The van der Waals surface area contributed by atoms with Crippen LogP contribution in [0.5, 0.6) is 5.75 Å². The summed E-state index contributed by atoms with van der Waals surface area (Å²) in [5.74, 6) is -0.382. The lowest BCUT2D eigenvalue weighted by Crippen LogP contribution is -2.15. The van der Waals surface area contributed by atoms with Crippen molar-refractivity contribution >= 4 is 15.8 Å². The molecule has 0 aliphatic carbocycles. The van der Waals surface area contributed by atoms with Gasteiger partial charge in [0.1, 0.15) is 5.82 Å². The first-order chi connectivity index (χ1) is 11.4. The highest BCUT2D eigenvalue weighted by Crippen LogP contribution is 2.25. The predicted octanol–water partition coefficient (Wildman–Crippen LogP) is 3.01. The number of halogens is 1. The first kappa shape index (κ1) is 17.7. The molecule has 1 heterocycles. The van der Waals surface area contributed by atoms with Crippen LogP contribution in [0.4, 0.5) is 10.2 Å². The van der Waals surface area contributed by atoms with Gasteiger partial charge in [-0.25, -0.2) is 17.8 Å². The van der Waals surface area contributed by atoms with Crippen molar-refractivity contribution in [1.82, 2.24) is 4.98 Å². The number of pyridine rings is 1. The van der Waals surface area contributed by atoms with E-state index >= 15 is 0 Å². The summed E-state index contributed by atoms with van der Waals surface area (Å²) in [7, 11) is -4.00. The van der Waals surface area contributed by atoms with Gasteiger partial charge in [0, 0.05) is 12.6 Å². The first-order valence-corrected chi connectivity index (χ1v) is 8.65. The van der Waals surface area contributed by atoms with E-state index in [-0.39, 0.29) is 23.1 Å². The van der Waals surface area contributed by atoms with Crippen LogP contribution >= 0.6 is 0 Å². The highest BCUT2D eigenvalue weighted by atomic mass is 32.2. The van der Waals surface area contributed by atoms with Gasteiger partial charge in [0.25, 0.3) is 10.0 Å². The van der Waals surface area contributed by atoms with E-state index in [4.69, 9.17) is 10.00 Å². The zero-order valence-corrected chi connectivity index (χ0v) is 13.8. The summed E-state index contributed by atoms with van der Waals surface area (Å²) in [5, 5.41) is 8.50. The minimum Gasteiger partial charge on any atom is -0.490 e. The molecule has 126 valence electrons. The molecule has 6 nitrogen and oxygen atoms in total. The molecule has 0 bridgehead atoms. The van der Waals surface area contributed by atoms with Crippen molar-refractivity contribution in [3.8, 4) is 11.8 Å². The van der Waals surface area contributed by atoms with Crippen molar-refractivity contribution in [1.29, 1.82) is 5.26 Å². The van der Waals surface area contributed by atoms with Gasteiger partial charge in [-0.1, -0.05) is 0 Å². The Morgan fingerprint density at radius 3 is 2.88 bits per heavy atom. The van der Waals surface area contributed by atoms with Crippen LogP contribution in [0.2, 0.25) is 0 Å². The molecule has 0 amide bonds. The second-order valence-electron chi connectivity index (χ2n) is 5.03. The van der Waals surface area contributed by atoms with Gasteiger partial charge in [-0.05, 0) is 49.2 Å². The lowest BCUT2D eigenvalue weighted by molar-refractivity contribution is 0.313. The van der Waals surface area contributed by atoms with Crippen molar-refractivity contribution in [2.24, 2.45) is 0 Å². The van der Waals surface area contributed by atoms with Gasteiger partial charge in [0.05, 0.1) is 17.6 Å². The fourth-order valence-electron chi connectivity index (χ4n) is 1.96. The quantitative estimate of drug-likeness (QED) is 0.776. The zero-order valence-electron chi connectivity index (χ0n) is 13.0. The van der Waals surface area contributed by atoms with Gasteiger partial charge in [-0.15, -0.1) is 0 Å². The average Bonchev–Trinajstić information content (AvgIpc) is 2.52. The molecule has 0 saturated carbocycles. The fourth-order valence-corrected chi connectivity index (χ4v) is 3.10. The number of hydrogen-bond acceptors (Lipinski definition) is 5. The van der Waals surface area contributed by atoms with E-state index in [2.05, 4.69) is 9.71 Å². The van der Waals surface area contributed by atoms with Crippen LogP contribution < -0.4 is 9.46 Å². The maximum Gasteiger partial charge on any atom is 0.263 e. The highest BCUT2D eigenvalue weighted by molar-refractivity contribution is 7.92. The molecule has 8 heteroatoms. The molecule has 2 rings (SSSR count). The summed E-state index contributed by atoms with van der Waals surface area (Å²) in [6.07, 6.45) is 2.27. The molecule has 24 heavy (non-hydrogen) atoms. The van der Waals surface area contributed by atoms with Crippen LogP contribution in [0.15, 0.2) is 41.4 Å². The lowest BCUT2D eigenvalue weighted by Gasteiger charge is -2.12. The summed E-state index contributed by atoms with van der Waals surface area (Å²) < 4.78 is 46.0. The summed E-state index contributed by atoms with van der Waals surface area (Å²) in [6.45, 7) is 1.86. The number of benzene rings is 1. The van der Waals surface area contributed by atoms with Gasteiger partial charge in [0.15, 0.2) is 11.6 Å². The van der Waals surface area contributed by atoms with Crippen LogP contribution in [-0.4, -0.2) is 20.0 Å². The van der Waals surface area contributed by atoms with Crippen molar-refractivity contribution in [3.63, 3.8) is 0 Å². The molecule has 0 fully saturated rings. The summed E-state index contributed by atoms with van der Waals surface area (Å²) >= 11 is 0. The minimum absolute atomic E-state index is 0.0105. The molecule has 0 aliphatic rings. The lowest BCUT2D eigenvalue weighted by atomic mass is 10.2. The van der Waals surface area contributed by atoms with E-state index < -0.39 is 15.8 Å². The maximum absolute atomic E-state index is 13.5. The molecular weight excluding hydrogens is 333 g/mol. The Labute approximate surface area is 140 Å². The van der Waals surface area contributed by atoms with Crippen molar-refractivity contribution in [2.45, 2.75) is 24.7 Å². The number of unbranched alkanes of at least 4 members (excludes halogenated alkanes) is 1. The third-order valence-electron chi connectivity index (χ3n) is 3.02. The van der Waals surface area contributed by atoms with Crippen LogP contribution in [0.1, 0.15) is 18.4 Å². The van der Waals surface area contributed by atoms with Crippen LogP contribution in [-0.2, 0) is 10.0 Å². The van der Waals surface area contributed by atoms with Crippen LogP contribution in [0, 0.1) is 24.1 Å². The predicted molar refractivity (Wildman–Crippen MR) is 86.5 cm³/mol. The largest absolute Gasteiger partial charge is 0.490 e. The second kappa shape index (κ2) is 7.75. The number of nitriles is 1. The second-order valence-corrected chi connectivity index (χ2v) is 6.71. The molecule has 0 atom stereocenters. The van der Waals surface area contributed by atoms with Crippen LogP contribution in [0.3, 0.4) is 0 Å². The third kappa shape index (κ3) is 4.67. The summed E-state index contributed by atoms with van der Waals surface area (Å²) in [6, 6.07) is 8.70. The standard InChI is InChI=1S/C16H16FN3O3S/c1-12-9-13(17)11-14(10-12)24(21,22)20-16-15(5-4-7-19-16)23-8-3-2-6-18/h4-5,7,9-11H,2-3,8H2,1H3,(H,19,20). The normalized spacial score (nSPS) is 10.9. The number of aromatic nitrogens is 1. The van der Waals surface area contributed by atoms with Gasteiger partial charge < -0.3 is 4.74 Å². The van der Waals surface area contributed by atoms with Gasteiger partial charge in [-0.3, -0.25) is 4.72 Å². The van der Waals surface area contributed by atoms with E-state index in [9.17, 15) is 12.8 Å². The topological polar surface area (TPSA) is 92.1 Å². The highest BCUT2D eigenvalue weighted by Gasteiger charge is 2.18. The Balaban J connectivity index is 2.22. The number of rotatable bonds is 7. The first-order valence-electron chi connectivity index (χ1n) is 7.17. The Kier molecular flexibility index (Phi) is 5.71. The van der Waals surface area contributed by atoms with Crippen molar-refractivity contribution in [3.05, 3.63) is 47.9 Å². The van der Waals surface area contributed by atoms with Crippen molar-refractivity contribution < 1.29 is 17.5 Å². The number of sulfonamides is 1. The number of nitrogens with zero attached hydrogens (tertiary/aromatic N) is 2. The van der Waals surface area contributed by atoms with E-state index in [1.54, 1.807) is 19.1 Å². The Morgan fingerprint density at radius 2 is 2.17 bits per heavy atom. The molecule has 1 aromatic carbocycles. The van der Waals surface area contributed by atoms with Crippen molar-refractivity contribution in [2.75, 3.05) is 11.3 Å². The monoisotopic (exact) mass is 349 g/mol. The van der Waals surface area contributed by atoms with E-state index in [1.165, 1.54) is 18.3 Å².